The van der Waals surface area contributed by atoms with Crippen LogP contribution in [-0.2, 0) is 0 Å². The molecule has 0 spiro atoms. The van der Waals surface area contributed by atoms with Gasteiger partial charge in [-0.15, -0.1) is 0 Å². The summed E-state index contributed by atoms with van der Waals surface area (Å²) in [7, 11) is 3.85. The van der Waals surface area contributed by atoms with Crippen molar-refractivity contribution in [2.75, 3.05) is 14.1 Å². The Morgan fingerprint density at radius 2 is 2.18 bits per heavy atom. The highest BCUT2D eigenvalue weighted by Crippen LogP contribution is 1.92. The lowest BCUT2D eigenvalue weighted by atomic mass is 10.5. The summed E-state index contributed by atoms with van der Waals surface area (Å²) in [5.41, 5.74) is 5.59. The van der Waals surface area contributed by atoms with Crippen LogP contribution in [0.1, 0.15) is 6.92 Å². The minimum Gasteiger partial charge on any atom is -0.349 e. The Labute approximate surface area is 66.7 Å². The maximum Gasteiger partial charge on any atom is 0.197 e. The van der Waals surface area contributed by atoms with E-state index in [4.69, 9.17) is 5.73 Å². The third kappa shape index (κ3) is 2.06. The summed E-state index contributed by atoms with van der Waals surface area (Å²) < 4.78 is 0. The zero-order chi connectivity index (χ0) is 8.43. The van der Waals surface area contributed by atoms with Gasteiger partial charge >= 0.3 is 0 Å². The highest BCUT2D eigenvalue weighted by molar-refractivity contribution is 5.80. The van der Waals surface area contributed by atoms with Crippen LogP contribution in [0.5, 0.6) is 0 Å². The highest BCUT2D eigenvalue weighted by atomic mass is 15.4. The van der Waals surface area contributed by atoms with E-state index in [-0.39, 0.29) is 12.5 Å². The van der Waals surface area contributed by atoms with Gasteiger partial charge in [-0.25, -0.2) is 4.99 Å². The summed E-state index contributed by atoms with van der Waals surface area (Å²) in [5.74, 6) is 0.823. The molecule has 1 aliphatic heterocycles. The van der Waals surface area contributed by atoms with E-state index < -0.39 is 0 Å². The smallest absolute Gasteiger partial charge is 0.197 e. The first-order chi connectivity index (χ1) is 5.09. The molecule has 2 atom stereocenters. The van der Waals surface area contributed by atoms with E-state index in [0.29, 0.717) is 0 Å². The molecule has 0 aliphatic carbocycles. The normalized spacial score (nSPS) is 30.7. The molecule has 0 aromatic carbocycles. The molecule has 0 aromatic heterocycles. The first-order valence-corrected chi connectivity index (χ1v) is 3.63. The Morgan fingerprint density at radius 1 is 1.55 bits per heavy atom. The lowest BCUT2D eigenvalue weighted by Crippen LogP contribution is -2.58. The average Bonchev–Trinajstić information content (AvgIpc) is 1.85. The topological polar surface area (TPSA) is 65.7 Å². The van der Waals surface area contributed by atoms with Gasteiger partial charge in [-0.1, -0.05) is 0 Å². The van der Waals surface area contributed by atoms with Gasteiger partial charge < -0.3 is 10.2 Å². The minimum atomic E-state index is -0.288. The van der Waals surface area contributed by atoms with Crippen molar-refractivity contribution in [3.63, 3.8) is 0 Å². The number of nitrogens with one attached hydrogen (secondary N) is 2. The Kier molecular flexibility index (Phi) is 2.31. The van der Waals surface area contributed by atoms with E-state index in [2.05, 4.69) is 15.6 Å². The Bertz CT molecular complexity index is 164. The molecule has 1 aliphatic rings. The van der Waals surface area contributed by atoms with Gasteiger partial charge in [0.25, 0.3) is 0 Å². The van der Waals surface area contributed by atoms with Crippen LogP contribution in [0.2, 0.25) is 0 Å². The van der Waals surface area contributed by atoms with Crippen LogP contribution >= 0.6 is 0 Å². The molecule has 5 heteroatoms. The molecule has 2 unspecified atom stereocenters. The van der Waals surface area contributed by atoms with Crippen molar-refractivity contribution >= 4 is 5.96 Å². The van der Waals surface area contributed by atoms with Crippen LogP contribution in [-0.4, -0.2) is 37.4 Å². The summed E-state index contributed by atoms with van der Waals surface area (Å²) in [6.07, 6.45) is -0.108. The molecule has 4 N–H and O–H groups in total. The summed E-state index contributed by atoms with van der Waals surface area (Å²) in [6.45, 7) is 2.00. The molecule has 0 bridgehead atoms. The largest absolute Gasteiger partial charge is 0.349 e. The Morgan fingerprint density at radius 3 is 2.64 bits per heavy atom. The number of hydrogen-bond acceptors (Lipinski definition) is 5. The van der Waals surface area contributed by atoms with Crippen molar-refractivity contribution in [3.05, 3.63) is 0 Å². The predicted molar refractivity (Wildman–Crippen MR) is 44.8 cm³/mol. The molecule has 11 heavy (non-hydrogen) atoms. The zero-order valence-electron chi connectivity index (χ0n) is 7.13. The van der Waals surface area contributed by atoms with Gasteiger partial charge in [0.15, 0.2) is 12.2 Å². The fourth-order valence-corrected chi connectivity index (χ4v) is 0.942. The van der Waals surface area contributed by atoms with Crippen LogP contribution in [0.15, 0.2) is 4.99 Å². The molecule has 1 rings (SSSR count). The van der Waals surface area contributed by atoms with Crippen molar-refractivity contribution < 1.29 is 0 Å². The summed E-state index contributed by atoms with van der Waals surface area (Å²) >= 11 is 0. The molecule has 0 saturated heterocycles. The van der Waals surface area contributed by atoms with Crippen LogP contribution in [0, 0.1) is 0 Å². The number of nitrogens with zero attached hydrogens (tertiary/aromatic N) is 2. The van der Waals surface area contributed by atoms with E-state index in [0.717, 1.165) is 5.96 Å². The first kappa shape index (κ1) is 8.29. The van der Waals surface area contributed by atoms with Crippen molar-refractivity contribution in [3.8, 4) is 0 Å². The number of guanidine groups is 1. The second-order valence-electron chi connectivity index (χ2n) is 2.82. The molecule has 0 saturated carbocycles. The van der Waals surface area contributed by atoms with Gasteiger partial charge in [-0.3, -0.25) is 11.1 Å². The van der Waals surface area contributed by atoms with Gasteiger partial charge in [0, 0.05) is 14.1 Å². The molecule has 0 radical (unpaired) electrons. The van der Waals surface area contributed by atoms with Crippen molar-refractivity contribution in [1.82, 2.24) is 15.5 Å². The quantitative estimate of drug-likeness (QED) is 0.408. The lowest BCUT2D eigenvalue weighted by molar-refractivity contribution is 0.390. The van der Waals surface area contributed by atoms with Crippen molar-refractivity contribution in [1.29, 1.82) is 0 Å². The van der Waals surface area contributed by atoms with E-state index in [9.17, 15) is 0 Å². The SMILES string of the molecule is CC1NC(N(C)C)=NC(N)N1. The number of aliphatic imine (C=N–C) groups is 1. The molecule has 0 aromatic rings. The molecule has 0 fully saturated rings. The Hall–Kier alpha value is -0.810. The minimum absolute atomic E-state index is 0.180. The van der Waals surface area contributed by atoms with Crippen LogP contribution in [0.4, 0.5) is 0 Å². The van der Waals surface area contributed by atoms with E-state index >= 15 is 0 Å². The maximum atomic E-state index is 5.59. The third-order valence-corrected chi connectivity index (χ3v) is 1.45. The lowest BCUT2D eigenvalue weighted by Gasteiger charge is -2.29. The number of hydrogen-bond donors (Lipinski definition) is 3. The molecular weight excluding hydrogens is 142 g/mol. The fraction of sp³-hybridized carbons (Fsp3) is 0.833. The van der Waals surface area contributed by atoms with Crippen LogP contribution in [0.3, 0.4) is 0 Å². The third-order valence-electron chi connectivity index (χ3n) is 1.45. The molecule has 0 amide bonds. The molecule has 64 valence electrons. The van der Waals surface area contributed by atoms with E-state index in [1.165, 1.54) is 0 Å². The highest BCUT2D eigenvalue weighted by Gasteiger charge is 2.15. The second-order valence-corrected chi connectivity index (χ2v) is 2.82. The molecule has 5 nitrogen and oxygen atoms in total. The summed E-state index contributed by atoms with van der Waals surface area (Å²) in [5, 5.41) is 6.15. The van der Waals surface area contributed by atoms with Crippen molar-refractivity contribution in [2.24, 2.45) is 10.7 Å². The van der Waals surface area contributed by atoms with Gasteiger partial charge in [0.05, 0.1) is 6.17 Å². The van der Waals surface area contributed by atoms with Crippen LogP contribution in [0.25, 0.3) is 0 Å². The predicted octanol–water partition coefficient (Wildman–Crippen LogP) is -1.31. The fourth-order valence-electron chi connectivity index (χ4n) is 0.942. The van der Waals surface area contributed by atoms with Crippen LogP contribution < -0.4 is 16.4 Å². The number of nitrogens with two attached hydrogens (primary N) is 1. The van der Waals surface area contributed by atoms with Gasteiger partial charge in [0.1, 0.15) is 0 Å². The van der Waals surface area contributed by atoms with Gasteiger partial charge in [-0.2, -0.15) is 0 Å². The second kappa shape index (κ2) is 3.06. The van der Waals surface area contributed by atoms with Crippen molar-refractivity contribution in [2.45, 2.75) is 19.4 Å². The molecule has 1 heterocycles. The average molecular weight is 157 g/mol. The summed E-state index contributed by atoms with van der Waals surface area (Å²) in [4.78, 5) is 6.03. The Balaban J connectivity index is 2.64. The number of rotatable bonds is 0. The monoisotopic (exact) mass is 157 g/mol. The first-order valence-electron chi connectivity index (χ1n) is 3.63. The van der Waals surface area contributed by atoms with Gasteiger partial charge in [-0.05, 0) is 6.92 Å². The van der Waals surface area contributed by atoms with E-state index in [1.807, 2.05) is 25.9 Å². The summed E-state index contributed by atoms with van der Waals surface area (Å²) in [6, 6.07) is 0. The maximum absolute atomic E-state index is 5.59. The standard InChI is InChI=1S/C6H15N5/c1-4-8-5(7)10-6(9-4)11(2)3/h4-5,8H,7H2,1-3H3,(H,9,10). The molecular formula is C6H15N5. The van der Waals surface area contributed by atoms with E-state index in [1.54, 1.807) is 0 Å². The van der Waals surface area contributed by atoms with Gasteiger partial charge in [0.2, 0.25) is 0 Å². The zero-order valence-corrected chi connectivity index (χ0v) is 7.13.